The van der Waals surface area contributed by atoms with E-state index < -0.39 is 0 Å². The highest BCUT2D eigenvalue weighted by molar-refractivity contribution is 5.89. The fourth-order valence-electron chi connectivity index (χ4n) is 1.74. The minimum atomic E-state index is -0.343. The molecule has 2 amide bonds. The van der Waals surface area contributed by atoms with Gasteiger partial charge in [0.1, 0.15) is 17.3 Å². The number of aryl methyl sites for hydroxylation is 2. The number of nitrogens with one attached hydrogen (secondary N) is 2. The number of urea groups is 1. The summed E-state index contributed by atoms with van der Waals surface area (Å²) in [6.07, 6.45) is 0. The maximum atomic E-state index is 12.7. The van der Waals surface area contributed by atoms with Crippen molar-refractivity contribution in [2.24, 2.45) is 0 Å². The molecule has 0 atom stereocenters. The highest BCUT2D eigenvalue weighted by Gasteiger charge is 2.06. The Bertz CT molecular complexity index is 576. The van der Waals surface area contributed by atoms with Crippen molar-refractivity contribution in [3.05, 3.63) is 53.2 Å². The van der Waals surface area contributed by atoms with Crippen LogP contribution in [0.4, 0.5) is 14.9 Å². The zero-order valence-corrected chi connectivity index (χ0v) is 10.8. The Morgan fingerprint density at radius 1 is 1.26 bits per heavy atom. The maximum Gasteiger partial charge on any atom is 0.319 e. The van der Waals surface area contributed by atoms with Crippen molar-refractivity contribution in [3.63, 3.8) is 0 Å². The summed E-state index contributed by atoms with van der Waals surface area (Å²) in [4.78, 5) is 11.6. The van der Waals surface area contributed by atoms with Crippen LogP contribution in [0.3, 0.4) is 0 Å². The van der Waals surface area contributed by atoms with E-state index >= 15 is 0 Å². The van der Waals surface area contributed by atoms with Crippen LogP contribution in [0, 0.1) is 19.7 Å². The number of anilines is 1. The molecular formula is C14H15FN2O2. The second kappa shape index (κ2) is 5.56. The Hall–Kier alpha value is -2.30. The summed E-state index contributed by atoms with van der Waals surface area (Å²) >= 11 is 0. The third-order valence-corrected chi connectivity index (χ3v) is 2.69. The van der Waals surface area contributed by atoms with Gasteiger partial charge in [-0.1, -0.05) is 0 Å². The lowest BCUT2D eigenvalue weighted by atomic mass is 10.2. The molecule has 0 saturated heterocycles. The fraction of sp³-hybridized carbons (Fsp3) is 0.214. The number of halogens is 1. The number of carbonyl (C=O) groups is 1. The first-order chi connectivity index (χ1) is 9.04. The first-order valence-electron chi connectivity index (χ1n) is 5.91. The van der Waals surface area contributed by atoms with E-state index in [-0.39, 0.29) is 11.8 Å². The molecule has 0 aliphatic carbocycles. The van der Waals surface area contributed by atoms with Crippen molar-refractivity contribution in [1.82, 2.24) is 5.32 Å². The molecule has 2 aromatic rings. The van der Waals surface area contributed by atoms with E-state index in [1.165, 1.54) is 24.3 Å². The van der Waals surface area contributed by atoms with Gasteiger partial charge in [-0.15, -0.1) is 0 Å². The Labute approximate surface area is 110 Å². The number of hydrogen-bond acceptors (Lipinski definition) is 2. The molecule has 0 saturated carbocycles. The zero-order valence-electron chi connectivity index (χ0n) is 10.8. The van der Waals surface area contributed by atoms with Gasteiger partial charge in [-0.25, -0.2) is 9.18 Å². The molecule has 1 aromatic heterocycles. The molecule has 19 heavy (non-hydrogen) atoms. The lowest BCUT2D eigenvalue weighted by Gasteiger charge is -2.06. The third-order valence-electron chi connectivity index (χ3n) is 2.69. The highest BCUT2D eigenvalue weighted by Crippen LogP contribution is 2.13. The molecule has 0 aliphatic heterocycles. The van der Waals surface area contributed by atoms with Crippen molar-refractivity contribution >= 4 is 11.7 Å². The van der Waals surface area contributed by atoms with Crippen LogP contribution in [0.15, 0.2) is 34.7 Å². The van der Waals surface area contributed by atoms with Gasteiger partial charge >= 0.3 is 6.03 Å². The largest absolute Gasteiger partial charge is 0.466 e. The molecule has 5 heteroatoms. The topological polar surface area (TPSA) is 54.3 Å². The summed E-state index contributed by atoms with van der Waals surface area (Å²) < 4.78 is 18.1. The van der Waals surface area contributed by atoms with Crippen LogP contribution in [0.1, 0.15) is 17.1 Å². The molecule has 0 spiro atoms. The predicted molar refractivity (Wildman–Crippen MR) is 70.4 cm³/mol. The monoisotopic (exact) mass is 262 g/mol. The molecule has 0 bridgehead atoms. The maximum absolute atomic E-state index is 12.7. The van der Waals surface area contributed by atoms with Crippen molar-refractivity contribution in [3.8, 4) is 0 Å². The molecule has 0 aliphatic rings. The third kappa shape index (κ3) is 3.58. The van der Waals surface area contributed by atoms with Crippen LogP contribution >= 0.6 is 0 Å². The quantitative estimate of drug-likeness (QED) is 0.891. The Morgan fingerprint density at radius 3 is 2.53 bits per heavy atom. The van der Waals surface area contributed by atoms with Gasteiger partial charge in [0.05, 0.1) is 0 Å². The van der Waals surface area contributed by atoms with Gasteiger partial charge in [-0.3, -0.25) is 0 Å². The van der Waals surface area contributed by atoms with E-state index in [4.69, 9.17) is 4.42 Å². The first-order valence-corrected chi connectivity index (χ1v) is 5.91. The molecule has 1 heterocycles. The number of furan rings is 1. The molecule has 4 nitrogen and oxygen atoms in total. The van der Waals surface area contributed by atoms with Gasteiger partial charge in [-0.2, -0.15) is 0 Å². The van der Waals surface area contributed by atoms with E-state index in [0.29, 0.717) is 12.2 Å². The zero-order chi connectivity index (χ0) is 13.8. The fourth-order valence-corrected chi connectivity index (χ4v) is 1.74. The average Bonchev–Trinajstić information content (AvgIpc) is 2.68. The van der Waals surface area contributed by atoms with Crippen LogP contribution in [-0.4, -0.2) is 6.03 Å². The van der Waals surface area contributed by atoms with Crippen LogP contribution in [-0.2, 0) is 6.54 Å². The van der Waals surface area contributed by atoms with E-state index in [9.17, 15) is 9.18 Å². The van der Waals surface area contributed by atoms with Crippen molar-refractivity contribution < 1.29 is 13.6 Å². The smallest absolute Gasteiger partial charge is 0.319 e. The minimum Gasteiger partial charge on any atom is -0.466 e. The summed E-state index contributed by atoms with van der Waals surface area (Å²) in [7, 11) is 0. The summed E-state index contributed by atoms with van der Waals surface area (Å²) in [6.45, 7) is 4.09. The normalized spacial score (nSPS) is 10.3. The van der Waals surface area contributed by atoms with Crippen molar-refractivity contribution in [1.29, 1.82) is 0 Å². The molecule has 100 valence electrons. The van der Waals surface area contributed by atoms with Gasteiger partial charge in [0.15, 0.2) is 0 Å². The summed E-state index contributed by atoms with van der Waals surface area (Å²) in [6, 6.07) is 7.13. The number of benzene rings is 1. The van der Waals surface area contributed by atoms with Gasteiger partial charge in [0.2, 0.25) is 0 Å². The molecule has 0 unspecified atom stereocenters. The number of carbonyl (C=O) groups excluding carboxylic acids is 1. The second-order valence-electron chi connectivity index (χ2n) is 4.25. The Kier molecular flexibility index (Phi) is 3.85. The Balaban J connectivity index is 1.88. The van der Waals surface area contributed by atoms with E-state index in [1.807, 2.05) is 19.9 Å². The second-order valence-corrected chi connectivity index (χ2v) is 4.25. The van der Waals surface area contributed by atoms with E-state index in [0.717, 1.165) is 17.1 Å². The molecule has 0 fully saturated rings. The minimum absolute atomic E-state index is 0.338. The molecular weight excluding hydrogens is 247 g/mol. The molecule has 0 radical (unpaired) electrons. The predicted octanol–water partition coefficient (Wildman–Crippen LogP) is 3.36. The standard InChI is InChI=1S/C14H15FN2O2/c1-9-7-11(10(2)19-9)8-16-14(18)17-13-5-3-12(15)4-6-13/h3-7H,8H2,1-2H3,(H2,16,17,18). The molecule has 2 N–H and O–H groups in total. The summed E-state index contributed by atoms with van der Waals surface area (Å²) in [5.74, 6) is 1.27. The summed E-state index contributed by atoms with van der Waals surface area (Å²) in [5, 5.41) is 5.33. The van der Waals surface area contributed by atoms with E-state index in [2.05, 4.69) is 10.6 Å². The molecule has 2 rings (SSSR count). The number of rotatable bonds is 3. The van der Waals surface area contributed by atoms with Crippen molar-refractivity contribution in [2.45, 2.75) is 20.4 Å². The first kappa shape index (κ1) is 13.1. The van der Waals surface area contributed by atoms with Gasteiger partial charge in [-0.05, 0) is 44.2 Å². The lowest BCUT2D eigenvalue weighted by Crippen LogP contribution is -2.28. The average molecular weight is 262 g/mol. The van der Waals surface area contributed by atoms with Crippen LogP contribution in [0.2, 0.25) is 0 Å². The van der Waals surface area contributed by atoms with E-state index in [1.54, 1.807) is 0 Å². The number of amides is 2. The van der Waals surface area contributed by atoms with Crippen LogP contribution < -0.4 is 10.6 Å². The highest BCUT2D eigenvalue weighted by atomic mass is 19.1. The Morgan fingerprint density at radius 2 is 1.95 bits per heavy atom. The van der Waals surface area contributed by atoms with Gasteiger partial charge in [0, 0.05) is 17.8 Å². The van der Waals surface area contributed by atoms with Crippen LogP contribution in [0.25, 0.3) is 0 Å². The number of hydrogen-bond donors (Lipinski definition) is 2. The van der Waals surface area contributed by atoms with Crippen molar-refractivity contribution in [2.75, 3.05) is 5.32 Å². The lowest BCUT2D eigenvalue weighted by molar-refractivity contribution is 0.251. The van der Waals surface area contributed by atoms with Gasteiger partial charge < -0.3 is 15.1 Å². The summed E-state index contributed by atoms with van der Waals surface area (Å²) in [5.41, 5.74) is 1.48. The molecule has 1 aromatic carbocycles. The van der Waals surface area contributed by atoms with Gasteiger partial charge in [0.25, 0.3) is 0 Å². The SMILES string of the molecule is Cc1cc(CNC(=O)Nc2ccc(F)cc2)c(C)o1. The van der Waals surface area contributed by atoms with Crippen LogP contribution in [0.5, 0.6) is 0 Å².